The zero-order chi connectivity index (χ0) is 22.9. The minimum atomic E-state index is -3.63. The molecule has 0 aromatic heterocycles. The van der Waals surface area contributed by atoms with Crippen LogP contribution in [-0.4, -0.2) is 76.2 Å². The van der Waals surface area contributed by atoms with Gasteiger partial charge in [-0.1, -0.05) is 0 Å². The van der Waals surface area contributed by atoms with Crippen molar-refractivity contribution in [1.82, 2.24) is 9.21 Å². The first-order valence-corrected chi connectivity index (χ1v) is 13.3. The van der Waals surface area contributed by atoms with Crippen molar-refractivity contribution in [2.75, 3.05) is 44.2 Å². The molecule has 0 unspecified atom stereocenters. The van der Waals surface area contributed by atoms with Crippen molar-refractivity contribution in [2.45, 2.75) is 45.9 Å². The highest BCUT2D eigenvalue weighted by molar-refractivity contribution is 7.91. The average molecular weight is 460 g/mol. The van der Waals surface area contributed by atoms with Gasteiger partial charge in [0.2, 0.25) is 15.9 Å². The number of carbonyl (C=O) groups is 1. The molecule has 0 saturated carbocycles. The zero-order valence-corrected chi connectivity index (χ0v) is 20.1. The Balaban J connectivity index is 2.07. The lowest BCUT2D eigenvalue weighted by Gasteiger charge is -2.34. The molecular formula is C20H33N3O5S2. The summed E-state index contributed by atoms with van der Waals surface area (Å²) in [4.78, 5) is 13.1. The van der Waals surface area contributed by atoms with E-state index in [9.17, 15) is 21.6 Å². The Labute approximate surface area is 180 Å². The summed E-state index contributed by atoms with van der Waals surface area (Å²) in [6, 6.07) is 0. The summed E-state index contributed by atoms with van der Waals surface area (Å²) in [5.74, 6) is -0.951. The molecule has 1 aromatic rings. The predicted molar refractivity (Wildman–Crippen MR) is 118 cm³/mol. The maximum Gasteiger partial charge on any atom is 0.243 e. The van der Waals surface area contributed by atoms with Crippen LogP contribution in [-0.2, 0) is 24.7 Å². The van der Waals surface area contributed by atoms with E-state index < -0.39 is 25.8 Å². The molecular weight excluding hydrogens is 426 g/mol. The van der Waals surface area contributed by atoms with Crippen molar-refractivity contribution < 1.29 is 21.6 Å². The molecule has 1 fully saturated rings. The molecule has 1 heterocycles. The van der Waals surface area contributed by atoms with E-state index >= 15 is 0 Å². The third-order valence-corrected chi connectivity index (χ3v) is 10.0. The highest BCUT2D eigenvalue weighted by Crippen LogP contribution is 2.31. The molecule has 0 bridgehead atoms. The number of hydrogen-bond acceptors (Lipinski definition) is 6. The van der Waals surface area contributed by atoms with Crippen LogP contribution in [0.15, 0.2) is 4.90 Å². The minimum absolute atomic E-state index is 0.0679. The van der Waals surface area contributed by atoms with E-state index in [1.165, 1.54) is 4.31 Å². The van der Waals surface area contributed by atoms with Crippen molar-refractivity contribution in [1.29, 1.82) is 0 Å². The standard InChI is InChI=1S/C20H33N3O5S2/c1-14-15(2)17(4)20(18(5)16(14)3)30(27,28)23-9-7-22(8-10-23)11-13-29(25,26)12-6-19(21)24/h6-13H2,1-5H3,(H2,21,24). The van der Waals surface area contributed by atoms with Crippen LogP contribution in [0.2, 0.25) is 0 Å². The number of sulfonamides is 1. The van der Waals surface area contributed by atoms with Crippen LogP contribution < -0.4 is 5.73 Å². The number of nitrogens with two attached hydrogens (primary N) is 1. The predicted octanol–water partition coefficient (Wildman–Crippen LogP) is 0.825. The minimum Gasteiger partial charge on any atom is -0.370 e. The lowest BCUT2D eigenvalue weighted by Crippen LogP contribution is -2.49. The van der Waals surface area contributed by atoms with Crippen molar-refractivity contribution in [3.8, 4) is 0 Å². The van der Waals surface area contributed by atoms with Crippen LogP contribution in [0, 0.1) is 34.6 Å². The number of benzene rings is 1. The molecule has 8 nitrogen and oxygen atoms in total. The molecule has 30 heavy (non-hydrogen) atoms. The van der Waals surface area contributed by atoms with Gasteiger partial charge in [0.25, 0.3) is 0 Å². The van der Waals surface area contributed by atoms with Gasteiger partial charge in [-0.15, -0.1) is 0 Å². The molecule has 1 saturated heterocycles. The fraction of sp³-hybridized carbons (Fsp3) is 0.650. The largest absolute Gasteiger partial charge is 0.370 e. The Morgan fingerprint density at radius 1 is 0.800 bits per heavy atom. The Bertz CT molecular complexity index is 996. The summed E-state index contributed by atoms with van der Waals surface area (Å²) in [6.45, 7) is 11.5. The van der Waals surface area contributed by atoms with Gasteiger partial charge in [-0.25, -0.2) is 16.8 Å². The van der Waals surface area contributed by atoms with Gasteiger partial charge in [0.1, 0.15) is 0 Å². The van der Waals surface area contributed by atoms with Crippen LogP contribution in [0.3, 0.4) is 0 Å². The first-order valence-electron chi connectivity index (χ1n) is 10.1. The van der Waals surface area contributed by atoms with Crippen LogP contribution in [0.4, 0.5) is 0 Å². The molecule has 2 rings (SSSR count). The topological polar surface area (TPSA) is 118 Å². The smallest absolute Gasteiger partial charge is 0.243 e. The van der Waals surface area contributed by atoms with Crippen molar-refractivity contribution in [3.63, 3.8) is 0 Å². The molecule has 170 valence electrons. The van der Waals surface area contributed by atoms with Crippen molar-refractivity contribution >= 4 is 25.8 Å². The third-order valence-electron chi connectivity index (χ3n) is 6.24. The van der Waals surface area contributed by atoms with Crippen LogP contribution >= 0.6 is 0 Å². The molecule has 1 aromatic carbocycles. The highest BCUT2D eigenvalue weighted by Gasteiger charge is 2.32. The monoisotopic (exact) mass is 459 g/mol. The number of hydrogen-bond donors (Lipinski definition) is 1. The normalized spacial score (nSPS) is 16.7. The van der Waals surface area contributed by atoms with E-state index in [2.05, 4.69) is 0 Å². The van der Waals surface area contributed by atoms with E-state index in [-0.39, 0.29) is 17.9 Å². The number of rotatable bonds is 8. The van der Waals surface area contributed by atoms with Crippen LogP contribution in [0.5, 0.6) is 0 Å². The Kier molecular flexibility index (Phi) is 7.71. The second-order valence-electron chi connectivity index (χ2n) is 8.07. The molecule has 1 aliphatic heterocycles. The summed E-state index contributed by atoms with van der Waals surface area (Å²) in [6.07, 6.45) is -0.178. The Hall–Kier alpha value is -1.49. The summed E-state index contributed by atoms with van der Waals surface area (Å²) >= 11 is 0. The first-order chi connectivity index (χ1) is 13.8. The second kappa shape index (κ2) is 9.33. The second-order valence-corrected chi connectivity index (χ2v) is 12.2. The molecule has 1 amide bonds. The van der Waals surface area contributed by atoms with Gasteiger partial charge < -0.3 is 5.73 Å². The number of piperazine rings is 1. The fourth-order valence-electron chi connectivity index (χ4n) is 3.80. The van der Waals surface area contributed by atoms with Crippen molar-refractivity contribution in [2.24, 2.45) is 5.73 Å². The number of nitrogens with zero attached hydrogens (tertiary/aromatic N) is 2. The average Bonchev–Trinajstić information content (AvgIpc) is 2.68. The van der Waals surface area contributed by atoms with Gasteiger partial charge in [-0.2, -0.15) is 4.31 Å². The van der Waals surface area contributed by atoms with E-state index in [0.717, 1.165) is 27.8 Å². The number of carbonyl (C=O) groups excluding carboxylic acids is 1. The fourth-order valence-corrected chi connectivity index (χ4v) is 7.04. The summed E-state index contributed by atoms with van der Waals surface area (Å²) in [7, 11) is -6.99. The number of sulfone groups is 1. The third kappa shape index (κ3) is 5.40. The molecule has 0 aliphatic carbocycles. The zero-order valence-electron chi connectivity index (χ0n) is 18.5. The van der Waals surface area contributed by atoms with E-state index in [1.807, 2.05) is 39.5 Å². The molecule has 0 spiro atoms. The van der Waals surface area contributed by atoms with E-state index in [4.69, 9.17) is 5.73 Å². The summed E-state index contributed by atoms with van der Waals surface area (Å²) in [5, 5.41) is 0. The van der Waals surface area contributed by atoms with Gasteiger partial charge in [0.05, 0.1) is 16.4 Å². The maximum absolute atomic E-state index is 13.4. The quantitative estimate of drug-likeness (QED) is 0.615. The van der Waals surface area contributed by atoms with E-state index in [0.29, 0.717) is 37.6 Å². The van der Waals surface area contributed by atoms with Gasteiger partial charge in [-0.3, -0.25) is 9.69 Å². The Morgan fingerprint density at radius 2 is 1.27 bits per heavy atom. The van der Waals surface area contributed by atoms with Gasteiger partial charge >= 0.3 is 0 Å². The van der Waals surface area contributed by atoms with E-state index in [1.54, 1.807) is 0 Å². The van der Waals surface area contributed by atoms with Gasteiger partial charge in [-0.05, 0) is 62.4 Å². The van der Waals surface area contributed by atoms with Crippen LogP contribution in [0.25, 0.3) is 0 Å². The maximum atomic E-state index is 13.4. The Morgan fingerprint density at radius 3 is 1.73 bits per heavy atom. The lowest BCUT2D eigenvalue weighted by atomic mass is 9.95. The molecule has 2 N–H and O–H groups in total. The summed E-state index contributed by atoms with van der Waals surface area (Å²) in [5.41, 5.74) is 9.71. The van der Waals surface area contributed by atoms with Crippen molar-refractivity contribution in [3.05, 3.63) is 27.8 Å². The molecule has 10 heteroatoms. The molecule has 0 radical (unpaired) electrons. The number of primary amides is 1. The first kappa shape index (κ1) is 24.8. The molecule has 1 aliphatic rings. The number of amides is 1. The molecule has 0 atom stereocenters. The van der Waals surface area contributed by atoms with Crippen LogP contribution in [0.1, 0.15) is 34.2 Å². The SMILES string of the molecule is Cc1c(C)c(C)c(S(=O)(=O)N2CCN(CCS(=O)(=O)CCC(N)=O)CC2)c(C)c1C. The van der Waals surface area contributed by atoms with Gasteiger partial charge in [0.15, 0.2) is 9.84 Å². The lowest BCUT2D eigenvalue weighted by molar-refractivity contribution is -0.117. The van der Waals surface area contributed by atoms with Gasteiger partial charge in [0, 0.05) is 39.1 Å². The highest BCUT2D eigenvalue weighted by atomic mass is 32.2. The summed E-state index contributed by atoms with van der Waals surface area (Å²) < 4.78 is 52.3.